The number of rotatable bonds is 6. The molecule has 1 spiro atoms. The number of carbonyl (C=O) groups is 2. The van der Waals surface area contributed by atoms with Crippen molar-refractivity contribution in [2.24, 2.45) is 0 Å². The van der Waals surface area contributed by atoms with Crippen molar-refractivity contribution < 1.29 is 23.5 Å². The molecule has 3 fully saturated rings. The van der Waals surface area contributed by atoms with E-state index in [9.17, 15) is 14.0 Å². The third kappa shape index (κ3) is 5.25. The summed E-state index contributed by atoms with van der Waals surface area (Å²) >= 11 is 0. The minimum absolute atomic E-state index is 0. The quantitative estimate of drug-likeness (QED) is 0.545. The Kier molecular flexibility index (Phi) is 8.62. The van der Waals surface area contributed by atoms with E-state index in [-0.39, 0.29) is 36.8 Å². The predicted octanol–water partition coefficient (Wildman–Crippen LogP) is 4.05. The highest BCUT2D eigenvalue weighted by Gasteiger charge is 2.55. The van der Waals surface area contributed by atoms with E-state index in [4.69, 9.17) is 9.47 Å². The number of piperidine rings is 1. The largest absolute Gasteiger partial charge is 0.343 e. The zero-order valence-corrected chi connectivity index (χ0v) is 22.8. The van der Waals surface area contributed by atoms with Gasteiger partial charge in [-0.15, -0.1) is 12.4 Å². The number of likely N-dealkylation sites (tertiary alicyclic amines) is 1. The molecule has 0 aromatic heterocycles. The summed E-state index contributed by atoms with van der Waals surface area (Å²) in [6.07, 6.45) is 2.80. The second-order valence-electron chi connectivity index (χ2n) is 10.2. The van der Waals surface area contributed by atoms with Gasteiger partial charge in [-0.25, -0.2) is 14.1 Å². The van der Waals surface area contributed by atoms with Crippen LogP contribution < -0.4 is 4.90 Å². The molecule has 0 atom stereocenters. The second-order valence-corrected chi connectivity index (χ2v) is 10.2. The Morgan fingerprint density at radius 2 is 1.63 bits per heavy atom. The molecule has 3 saturated heterocycles. The smallest absolute Gasteiger partial charge is 0.327 e. The molecule has 0 bridgehead atoms. The molecular weight excluding hydrogens is 511 g/mol. The Morgan fingerprint density at radius 1 is 1.00 bits per heavy atom. The van der Waals surface area contributed by atoms with Crippen molar-refractivity contribution in [1.29, 1.82) is 0 Å². The number of anilines is 1. The highest BCUT2D eigenvalue weighted by molar-refractivity contribution is 6.04. The summed E-state index contributed by atoms with van der Waals surface area (Å²) in [5.74, 6) is -1.22. The third-order valence-electron chi connectivity index (χ3n) is 7.83. The summed E-state index contributed by atoms with van der Waals surface area (Å²) in [6.45, 7) is 3.64. The first kappa shape index (κ1) is 28.3. The van der Waals surface area contributed by atoms with E-state index in [0.717, 1.165) is 37.3 Å². The fourth-order valence-corrected chi connectivity index (χ4v) is 5.81. The van der Waals surface area contributed by atoms with Gasteiger partial charge in [-0.05, 0) is 50.1 Å². The number of carbonyl (C=O) groups excluding carboxylic acids is 2. The molecule has 10 heteroatoms. The van der Waals surface area contributed by atoms with Crippen LogP contribution in [0.5, 0.6) is 0 Å². The normalized spacial score (nSPS) is 20.6. The lowest BCUT2D eigenvalue weighted by molar-refractivity contribution is -0.172. The van der Waals surface area contributed by atoms with Crippen molar-refractivity contribution in [1.82, 2.24) is 14.7 Å². The third-order valence-corrected chi connectivity index (χ3v) is 7.83. The van der Waals surface area contributed by atoms with Gasteiger partial charge in [0, 0.05) is 44.9 Å². The molecule has 8 nitrogen and oxygen atoms in total. The minimum atomic E-state index is -0.830. The second kappa shape index (κ2) is 11.6. The van der Waals surface area contributed by atoms with Crippen molar-refractivity contribution in [3.8, 4) is 0 Å². The highest BCUT2D eigenvalue weighted by Crippen LogP contribution is 2.40. The summed E-state index contributed by atoms with van der Waals surface area (Å²) in [5.41, 5.74) is 1.07. The zero-order valence-electron chi connectivity index (χ0n) is 22.0. The molecule has 38 heavy (non-hydrogen) atoms. The van der Waals surface area contributed by atoms with E-state index in [1.54, 1.807) is 26.2 Å². The van der Waals surface area contributed by atoms with E-state index in [2.05, 4.69) is 9.80 Å². The van der Waals surface area contributed by atoms with Crippen LogP contribution in [0.15, 0.2) is 54.6 Å². The molecule has 0 aliphatic carbocycles. The lowest BCUT2D eigenvalue weighted by Gasteiger charge is -2.43. The van der Waals surface area contributed by atoms with E-state index < -0.39 is 11.3 Å². The predicted molar refractivity (Wildman–Crippen MR) is 145 cm³/mol. The number of hydrogen-bond acceptors (Lipinski definition) is 6. The Balaban J connectivity index is 0.00000336. The molecule has 0 unspecified atom stereocenters. The van der Waals surface area contributed by atoms with Crippen LogP contribution in [-0.4, -0.2) is 85.8 Å². The first-order chi connectivity index (χ1) is 17.8. The first-order valence-corrected chi connectivity index (χ1v) is 13.0. The molecule has 3 aliphatic heterocycles. The van der Waals surface area contributed by atoms with Crippen LogP contribution in [0.2, 0.25) is 0 Å². The minimum Gasteiger partial charge on any atom is -0.343 e. The lowest BCUT2D eigenvalue weighted by Crippen LogP contribution is -2.57. The van der Waals surface area contributed by atoms with Gasteiger partial charge in [0.05, 0.1) is 13.2 Å². The SMILES string of the molecule is CN(C)C(=O)N1CN(c2ccccc2)C2(CCN(CCCC3(c4ccc(F)cc4)OCCO3)CC2)C1=O.Cl. The summed E-state index contributed by atoms with van der Waals surface area (Å²) in [6, 6.07) is 15.9. The van der Waals surface area contributed by atoms with Crippen LogP contribution >= 0.6 is 12.4 Å². The summed E-state index contributed by atoms with van der Waals surface area (Å²) in [5, 5.41) is 0. The van der Waals surface area contributed by atoms with Gasteiger partial charge >= 0.3 is 6.03 Å². The van der Waals surface area contributed by atoms with Gasteiger partial charge in [-0.2, -0.15) is 0 Å². The van der Waals surface area contributed by atoms with Gasteiger partial charge < -0.3 is 24.2 Å². The van der Waals surface area contributed by atoms with Gasteiger partial charge in [0.1, 0.15) is 18.0 Å². The summed E-state index contributed by atoms with van der Waals surface area (Å²) in [7, 11) is 3.35. The van der Waals surface area contributed by atoms with Gasteiger partial charge in [0.25, 0.3) is 5.91 Å². The van der Waals surface area contributed by atoms with Crippen LogP contribution in [0.3, 0.4) is 0 Å². The maximum Gasteiger partial charge on any atom is 0.327 e. The van der Waals surface area contributed by atoms with Crippen LogP contribution in [0.4, 0.5) is 14.9 Å². The van der Waals surface area contributed by atoms with Crippen LogP contribution in [0, 0.1) is 5.82 Å². The average molecular weight is 547 g/mol. The number of nitrogens with zero attached hydrogens (tertiary/aromatic N) is 4. The van der Waals surface area contributed by atoms with Gasteiger partial charge in [0.2, 0.25) is 0 Å². The lowest BCUT2D eigenvalue weighted by atomic mass is 9.85. The number of imide groups is 1. The maximum atomic E-state index is 13.7. The summed E-state index contributed by atoms with van der Waals surface area (Å²) in [4.78, 5) is 33.8. The van der Waals surface area contributed by atoms with E-state index >= 15 is 0 Å². The maximum absolute atomic E-state index is 13.7. The Labute approximate surface area is 229 Å². The van der Waals surface area contributed by atoms with Crippen LogP contribution in [0.1, 0.15) is 31.2 Å². The standard InChI is InChI=1S/C28H35FN4O4.ClH/c1-30(2)26(35)32-21-33(24-7-4-3-5-8-24)27(25(32)34)14-17-31(18-15-27)16-6-13-28(36-19-20-37-28)22-9-11-23(29)12-10-22;/h3-5,7-12H,6,13-21H2,1-2H3;1H. The van der Waals surface area contributed by atoms with E-state index in [1.807, 2.05) is 30.3 Å². The monoisotopic (exact) mass is 546 g/mol. The number of hydrogen-bond donors (Lipinski definition) is 0. The fraction of sp³-hybridized carbons (Fsp3) is 0.500. The summed E-state index contributed by atoms with van der Waals surface area (Å²) < 4.78 is 25.5. The highest BCUT2D eigenvalue weighted by atomic mass is 35.5. The Hall–Kier alpha value is -2.72. The number of benzene rings is 2. The molecule has 2 aromatic rings. The number of amides is 3. The van der Waals surface area contributed by atoms with Gasteiger partial charge in [0.15, 0.2) is 5.79 Å². The van der Waals surface area contributed by atoms with Gasteiger partial charge in [-0.1, -0.05) is 30.3 Å². The van der Waals surface area contributed by atoms with Crippen LogP contribution in [-0.2, 0) is 20.1 Å². The molecule has 3 amide bonds. The number of urea groups is 1. The molecule has 0 radical (unpaired) electrons. The van der Waals surface area contributed by atoms with Crippen molar-refractivity contribution >= 4 is 30.0 Å². The van der Waals surface area contributed by atoms with Gasteiger partial charge in [-0.3, -0.25) is 4.79 Å². The molecule has 5 rings (SSSR count). The molecule has 0 N–H and O–H groups in total. The molecular formula is C28H36ClFN4O4. The van der Waals surface area contributed by atoms with E-state index in [1.165, 1.54) is 21.9 Å². The Bertz CT molecular complexity index is 1100. The molecule has 2 aromatic carbocycles. The molecule has 0 saturated carbocycles. The number of para-hydroxylation sites is 1. The zero-order chi connectivity index (χ0) is 26.0. The van der Waals surface area contributed by atoms with Crippen LogP contribution in [0.25, 0.3) is 0 Å². The number of ether oxygens (including phenoxy) is 2. The van der Waals surface area contributed by atoms with Crippen molar-refractivity contribution in [2.45, 2.75) is 37.0 Å². The average Bonchev–Trinajstić information content (AvgIpc) is 3.50. The van der Waals surface area contributed by atoms with Crippen molar-refractivity contribution in [3.63, 3.8) is 0 Å². The molecule has 3 heterocycles. The van der Waals surface area contributed by atoms with Crippen molar-refractivity contribution in [2.75, 3.05) is 58.5 Å². The Morgan fingerprint density at radius 3 is 2.24 bits per heavy atom. The van der Waals surface area contributed by atoms with E-state index in [0.29, 0.717) is 32.5 Å². The molecule has 3 aliphatic rings. The molecule has 206 valence electrons. The van der Waals surface area contributed by atoms with Crippen molar-refractivity contribution in [3.05, 3.63) is 66.0 Å². The first-order valence-electron chi connectivity index (χ1n) is 13.0. The number of halogens is 2. The fourth-order valence-electron chi connectivity index (χ4n) is 5.81. The topological polar surface area (TPSA) is 65.6 Å².